The van der Waals surface area contributed by atoms with Crippen molar-refractivity contribution in [3.8, 4) is 0 Å². The van der Waals surface area contributed by atoms with Crippen LogP contribution in [0.2, 0.25) is 0 Å². The van der Waals surface area contributed by atoms with Crippen LogP contribution in [-0.4, -0.2) is 47.4 Å². The molecule has 6 nitrogen and oxygen atoms in total. The minimum atomic E-state index is -0.847. The van der Waals surface area contributed by atoms with E-state index in [1.165, 1.54) is 392 Å². The lowest BCUT2D eigenvalue weighted by atomic mass is 10.0. The third-order valence-electron chi connectivity index (χ3n) is 19.0. The number of hydrogen-bond acceptors (Lipinski definition) is 5. The van der Waals surface area contributed by atoms with E-state index in [2.05, 4.69) is 31.3 Å². The van der Waals surface area contributed by atoms with Crippen LogP contribution in [0.5, 0.6) is 0 Å². The predicted octanol–water partition coefficient (Wildman–Crippen LogP) is 26.4. The van der Waals surface area contributed by atoms with Crippen LogP contribution in [0.25, 0.3) is 0 Å². The normalized spacial score (nSPS) is 12.6. The van der Waals surface area contributed by atoms with Crippen LogP contribution in [-0.2, 0) is 14.3 Å². The number of allylic oxidation sites excluding steroid dienone is 3. The Morgan fingerprint density at radius 1 is 0.310 bits per heavy atom. The second kappa shape index (κ2) is 76.8. The molecule has 3 N–H and O–H groups in total. The smallest absolute Gasteiger partial charge is 0.305 e. The maximum absolute atomic E-state index is 12.6. The highest BCUT2D eigenvalue weighted by molar-refractivity contribution is 5.76. The first-order valence-electron chi connectivity index (χ1n) is 40.1. The summed E-state index contributed by atoms with van der Waals surface area (Å²) in [6.07, 6.45) is 98.7. The summed E-state index contributed by atoms with van der Waals surface area (Å²) in [6.45, 7) is 4.96. The lowest BCUT2D eigenvalue weighted by molar-refractivity contribution is -0.143. The van der Waals surface area contributed by atoms with Gasteiger partial charge in [-0.3, -0.25) is 9.59 Å². The highest BCUT2D eigenvalue weighted by Crippen LogP contribution is 2.20. The summed E-state index contributed by atoms with van der Waals surface area (Å²) in [6, 6.07) is -0.630. The molecule has 87 heavy (non-hydrogen) atoms. The molecule has 0 aliphatic rings. The monoisotopic (exact) mass is 1220 g/mol. The molecule has 0 aliphatic carbocycles. The molecule has 6 heteroatoms. The van der Waals surface area contributed by atoms with Gasteiger partial charge in [0, 0.05) is 12.8 Å². The molecular formula is C81H157NO5. The van der Waals surface area contributed by atoms with Crippen LogP contribution in [0, 0.1) is 0 Å². The summed E-state index contributed by atoms with van der Waals surface area (Å²) >= 11 is 0. The summed E-state index contributed by atoms with van der Waals surface area (Å²) in [7, 11) is 0. The molecule has 0 aromatic carbocycles. The lowest BCUT2D eigenvalue weighted by Gasteiger charge is -2.20. The van der Waals surface area contributed by atoms with E-state index in [9.17, 15) is 19.8 Å². The number of carbonyl (C=O) groups is 2. The molecule has 0 aliphatic heterocycles. The summed E-state index contributed by atoms with van der Waals surface area (Å²) in [4.78, 5) is 24.7. The van der Waals surface area contributed by atoms with Crippen molar-refractivity contribution < 1.29 is 24.5 Å². The predicted molar refractivity (Wildman–Crippen MR) is 384 cm³/mol. The molecule has 0 bridgehead atoms. The first kappa shape index (κ1) is 85.3. The van der Waals surface area contributed by atoms with Gasteiger partial charge in [-0.15, -0.1) is 0 Å². The highest BCUT2D eigenvalue weighted by Gasteiger charge is 2.18. The molecule has 0 heterocycles. The zero-order chi connectivity index (χ0) is 62.8. The van der Waals surface area contributed by atoms with E-state index >= 15 is 0 Å². The molecule has 0 fully saturated rings. The first-order valence-corrected chi connectivity index (χ1v) is 40.1. The molecule has 0 saturated carbocycles. The Bertz CT molecular complexity index is 1360. The van der Waals surface area contributed by atoms with Gasteiger partial charge < -0.3 is 20.3 Å². The fourth-order valence-corrected chi connectivity index (χ4v) is 12.9. The maximum Gasteiger partial charge on any atom is 0.305 e. The number of unbranched alkanes of at least 4 members (excludes halogenated alkanes) is 63. The summed E-state index contributed by atoms with van der Waals surface area (Å²) in [5.74, 6) is -0.0430. The van der Waals surface area contributed by atoms with Crippen molar-refractivity contribution in [2.24, 2.45) is 0 Å². The second-order valence-corrected chi connectivity index (χ2v) is 27.8. The fraction of sp³-hybridized carbons (Fsp3) is 0.926. The number of nitrogens with one attached hydrogen (secondary N) is 1. The van der Waals surface area contributed by atoms with E-state index < -0.39 is 12.1 Å². The van der Waals surface area contributed by atoms with Gasteiger partial charge in [-0.1, -0.05) is 411 Å². The summed E-state index contributed by atoms with van der Waals surface area (Å²) < 4.78 is 5.52. The van der Waals surface area contributed by atoms with Gasteiger partial charge in [-0.05, 0) is 57.8 Å². The van der Waals surface area contributed by atoms with Crippen molar-refractivity contribution in [2.45, 2.75) is 469 Å². The zero-order valence-electron chi connectivity index (χ0n) is 59.3. The number of esters is 1. The second-order valence-electron chi connectivity index (χ2n) is 27.8. The van der Waals surface area contributed by atoms with Gasteiger partial charge in [0.05, 0.1) is 25.4 Å². The molecule has 0 aromatic heterocycles. The SMILES string of the molecule is CCCCCCCCCCCCCCCCCCCCCCCCC/C=C/C(O)C(CO)NC(=O)CCCCCCCCCCCCC/C=C\CCCCCCCCCCCCCCOC(=O)CCCCCCCCCCCCCCCCCCCC. The van der Waals surface area contributed by atoms with Crippen molar-refractivity contribution in [1.82, 2.24) is 5.32 Å². The Kier molecular flexibility index (Phi) is 75.3. The number of amides is 1. The summed E-state index contributed by atoms with van der Waals surface area (Å²) in [5.41, 5.74) is 0. The van der Waals surface area contributed by atoms with Crippen molar-refractivity contribution >= 4 is 11.9 Å². The largest absolute Gasteiger partial charge is 0.466 e. The molecule has 516 valence electrons. The van der Waals surface area contributed by atoms with Gasteiger partial charge in [0.1, 0.15) is 0 Å². The number of rotatable bonds is 76. The van der Waals surface area contributed by atoms with Crippen LogP contribution in [0.1, 0.15) is 457 Å². The van der Waals surface area contributed by atoms with Crippen molar-refractivity contribution in [1.29, 1.82) is 0 Å². The van der Waals surface area contributed by atoms with E-state index in [1.54, 1.807) is 6.08 Å². The molecule has 0 saturated heterocycles. The van der Waals surface area contributed by atoms with Gasteiger partial charge >= 0.3 is 5.97 Å². The van der Waals surface area contributed by atoms with E-state index in [0.717, 1.165) is 38.5 Å². The third kappa shape index (κ3) is 73.3. The number of aliphatic hydroxyl groups excluding tert-OH is 2. The third-order valence-corrected chi connectivity index (χ3v) is 19.0. The Balaban J connectivity index is 3.39. The number of ether oxygens (including phenoxy) is 1. The van der Waals surface area contributed by atoms with Gasteiger partial charge in [0.2, 0.25) is 5.91 Å². The highest BCUT2D eigenvalue weighted by atomic mass is 16.5. The van der Waals surface area contributed by atoms with Gasteiger partial charge in [-0.25, -0.2) is 0 Å². The lowest BCUT2D eigenvalue weighted by Crippen LogP contribution is -2.45. The zero-order valence-corrected chi connectivity index (χ0v) is 59.3. The van der Waals surface area contributed by atoms with Gasteiger partial charge in [-0.2, -0.15) is 0 Å². The van der Waals surface area contributed by atoms with Crippen LogP contribution >= 0.6 is 0 Å². The topological polar surface area (TPSA) is 95.9 Å². The van der Waals surface area contributed by atoms with E-state index in [0.29, 0.717) is 19.4 Å². The van der Waals surface area contributed by atoms with Crippen LogP contribution in [0.15, 0.2) is 24.3 Å². The molecule has 0 radical (unpaired) electrons. The fourth-order valence-electron chi connectivity index (χ4n) is 12.9. The van der Waals surface area contributed by atoms with Crippen LogP contribution < -0.4 is 5.32 Å². The molecule has 1 amide bonds. The van der Waals surface area contributed by atoms with Crippen molar-refractivity contribution in [3.63, 3.8) is 0 Å². The summed E-state index contributed by atoms with van der Waals surface area (Å²) in [5, 5.41) is 23.3. The Morgan fingerprint density at radius 2 is 0.540 bits per heavy atom. The number of hydrogen-bond donors (Lipinski definition) is 3. The number of aliphatic hydroxyl groups is 2. The average molecular weight is 1230 g/mol. The van der Waals surface area contributed by atoms with Gasteiger partial charge in [0.15, 0.2) is 0 Å². The minimum Gasteiger partial charge on any atom is -0.466 e. The molecule has 2 atom stereocenters. The molecule has 0 aromatic rings. The quantitative estimate of drug-likeness (QED) is 0.0320. The molecule has 2 unspecified atom stereocenters. The van der Waals surface area contributed by atoms with E-state index in [1.807, 2.05) is 6.08 Å². The number of carbonyl (C=O) groups excluding carboxylic acids is 2. The maximum atomic E-state index is 12.6. The molecule has 0 spiro atoms. The first-order chi connectivity index (χ1) is 43.0. The Hall–Kier alpha value is -1.66. The van der Waals surface area contributed by atoms with Crippen molar-refractivity contribution in [3.05, 3.63) is 24.3 Å². The van der Waals surface area contributed by atoms with Crippen molar-refractivity contribution in [2.75, 3.05) is 13.2 Å². The van der Waals surface area contributed by atoms with Crippen LogP contribution in [0.4, 0.5) is 0 Å². The Labute approximate surface area is 545 Å². The standard InChI is InChI=1S/C81H157NO5/c1-3-5-7-9-11-13-15-17-19-21-23-24-25-29-32-35-38-41-45-49-53-57-61-65-69-73-79(84)78(77-83)82-80(85)74-70-66-62-58-54-50-46-42-39-36-33-30-27-26-28-31-34-37-40-44-48-52-56-60-64-68-72-76-87-81(86)75-71-67-63-59-55-51-47-43-22-20-18-16-14-12-10-8-6-4-2/h26-27,69,73,78-79,83-84H,3-25,28-68,70-72,74-77H2,1-2H3,(H,82,85)/b27-26-,73-69+. The average Bonchev–Trinajstić information content (AvgIpc) is 3.54. The molecule has 0 rings (SSSR count). The van der Waals surface area contributed by atoms with E-state index in [4.69, 9.17) is 4.74 Å². The minimum absolute atomic E-state index is 0.0204. The van der Waals surface area contributed by atoms with E-state index in [-0.39, 0.29) is 18.5 Å². The van der Waals surface area contributed by atoms with Gasteiger partial charge in [0.25, 0.3) is 0 Å². The van der Waals surface area contributed by atoms with Crippen LogP contribution in [0.3, 0.4) is 0 Å². The Morgan fingerprint density at radius 3 is 0.816 bits per heavy atom. The molecular weight excluding hydrogens is 1070 g/mol.